The van der Waals surface area contributed by atoms with Crippen molar-refractivity contribution < 1.29 is 14.7 Å². The van der Waals surface area contributed by atoms with E-state index in [0.717, 1.165) is 0 Å². The van der Waals surface area contributed by atoms with Crippen LogP contribution < -0.4 is 10.6 Å². The van der Waals surface area contributed by atoms with E-state index in [-0.39, 0.29) is 5.91 Å². The third-order valence-corrected chi connectivity index (χ3v) is 2.16. The molecule has 2 amide bonds. The largest absolute Gasteiger partial charge is 0.391 e. The predicted molar refractivity (Wildman–Crippen MR) is 64.4 cm³/mol. The van der Waals surface area contributed by atoms with Crippen molar-refractivity contribution in [2.24, 2.45) is 0 Å². The lowest BCUT2D eigenvalue weighted by atomic mass is 10.1. The van der Waals surface area contributed by atoms with Crippen LogP contribution in [-0.4, -0.2) is 29.1 Å². The monoisotopic (exact) mass is 236 g/mol. The first-order valence-electron chi connectivity index (χ1n) is 5.32. The van der Waals surface area contributed by atoms with Crippen molar-refractivity contribution in [1.29, 1.82) is 0 Å². The van der Waals surface area contributed by atoms with E-state index in [2.05, 4.69) is 10.6 Å². The van der Waals surface area contributed by atoms with Crippen LogP contribution in [0.3, 0.4) is 0 Å². The number of benzene rings is 1. The molecule has 0 radical (unpaired) electrons. The van der Waals surface area contributed by atoms with Gasteiger partial charge in [-0.1, -0.05) is 18.2 Å². The number of rotatable bonds is 4. The number of nitrogens with one attached hydrogen (secondary N) is 2. The predicted octanol–water partition coefficient (Wildman–Crippen LogP) is 0.511. The summed E-state index contributed by atoms with van der Waals surface area (Å²) in [5, 5.41) is 14.4. The number of aliphatic hydroxyl groups excluding tert-OH is 1. The third-order valence-electron chi connectivity index (χ3n) is 2.16. The summed E-state index contributed by atoms with van der Waals surface area (Å²) in [7, 11) is 0. The van der Waals surface area contributed by atoms with Crippen LogP contribution in [0.5, 0.6) is 0 Å². The van der Waals surface area contributed by atoms with Crippen LogP contribution in [0.15, 0.2) is 30.3 Å². The topological polar surface area (TPSA) is 78.4 Å². The van der Waals surface area contributed by atoms with Gasteiger partial charge in [0.15, 0.2) is 0 Å². The molecule has 0 aliphatic carbocycles. The van der Waals surface area contributed by atoms with Gasteiger partial charge in [0.1, 0.15) is 6.04 Å². The van der Waals surface area contributed by atoms with E-state index < -0.39 is 18.1 Å². The summed E-state index contributed by atoms with van der Waals surface area (Å²) >= 11 is 0. The summed E-state index contributed by atoms with van der Waals surface area (Å²) in [5.41, 5.74) is 0.619. The van der Waals surface area contributed by atoms with Gasteiger partial charge in [0.2, 0.25) is 11.8 Å². The number of carbonyl (C=O) groups excluding carboxylic acids is 2. The van der Waals surface area contributed by atoms with Crippen LogP contribution in [0.25, 0.3) is 0 Å². The highest BCUT2D eigenvalue weighted by Gasteiger charge is 2.24. The summed E-state index contributed by atoms with van der Waals surface area (Å²) < 4.78 is 0. The van der Waals surface area contributed by atoms with E-state index in [4.69, 9.17) is 0 Å². The maximum Gasteiger partial charge on any atom is 0.249 e. The fraction of sp³-hybridized carbons (Fsp3) is 0.333. The second-order valence-corrected chi connectivity index (χ2v) is 3.77. The number of aliphatic hydroxyl groups is 1. The molecule has 2 unspecified atom stereocenters. The lowest BCUT2D eigenvalue weighted by Gasteiger charge is -2.19. The zero-order chi connectivity index (χ0) is 12.8. The molecule has 92 valence electrons. The highest BCUT2D eigenvalue weighted by Crippen LogP contribution is 2.06. The molecule has 0 aliphatic heterocycles. The van der Waals surface area contributed by atoms with E-state index >= 15 is 0 Å². The van der Waals surface area contributed by atoms with Gasteiger partial charge in [-0.05, 0) is 19.1 Å². The van der Waals surface area contributed by atoms with Gasteiger partial charge in [-0.3, -0.25) is 9.59 Å². The smallest absolute Gasteiger partial charge is 0.249 e. The molecule has 0 saturated carbocycles. The zero-order valence-corrected chi connectivity index (χ0v) is 9.81. The Morgan fingerprint density at radius 2 is 1.82 bits per heavy atom. The van der Waals surface area contributed by atoms with Crippen molar-refractivity contribution in [1.82, 2.24) is 5.32 Å². The zero-order valence-electron chi connectivity index (χ0n) is 9.81. The van der Waals surface area contributed by atoms with Gasteiger partial charge in [-0.15, -0.1) is 0 Å². The molecule has 5 nitrogen and oxygen atoms in total. The lowest BCUT2D eigenvalue weighted by molar-refractivity contribution is -0.127. The highest BCUT2D eigenvalue weighted by molar-refractivity contribution is 5.97. The van der Waals surface area contributed by atoms with Gasteiger partial charge >= 0.3 is 0 Å². The average Bonchev–Trinajstić information content (AvgIpc) is 2.26. The first-order chi connectivity index (χ1) is 8.00. The first-order valence-corrected chi connectivity index (χ1v) is 5.32. The minimum absolute atomic E-state index is 0.362. The molecular weight excluding hydrogens is 220 g/mol. The summed E-state index contributed by atoms with van der Waals surface area (Å²) in [5.74, 6) is -0.805. The number of carbonyl (C=O) groups is 2. The average molecular weight is 236 g/mol. The molecule has 1 aromatic rings. The van der Waals surface area contributed by atoms with Crippen molar-refractivity contribution in [2.45, 2.75) is 26.0 Å². The fourth-order valence-electron chi connectivity index (χ4n) is 1.37. The Labute approximate surface area is 99.8 Å². The molecular formula is C12H16N2O3. The Morgan fingerprint density at radius 1 is 1.24 bits per heavy atom. The van der Waals surface area contributed by atoms with Crippen molar-refractivity contribution in [3.8, 4) is 0 Å². The number of amides is 2. The van der Waals surface area contributed by atoms with Gasteiger partial charge in [-0.25, -0.2) is 0 Å². The van der Waals surface area contributed by atoms with Crippen LogP contribution >= 0.6 is 0 Å². The van der Waals surface area contributed by atoms with Gasteiger partial charge in [0.25, 0.3) is 0 Å². The molecule has 0 spiro atoms. The van der Waals surface area contributed by atoms with E-state index in [1.165, 1.54) is 13.8 Å². The van der Waals surface area contributed by atoms with Crippen molar-refractivity contribution in [3.05, 3.63) is 30.3 Å². The normalized spacial score (nSPS) is 13.6. The molecule has 5 heteroatoms. The number of para-hydroxylation sites is 1. The molecule has 0 fully saturated rings. The first kappa shape index (κ1) is 13.2. The Hall–Kier alpha value is -1.88. The van der Waals surface area contributed by atoms with Gasteiger partial charge in [-0.2, -0.15) is 0 Å². The van der Waals surface area contributed by atoms with Crippen molar-refractivity contribution in [3.63, 3.8) is 0 Å². The quantitative estimate of drug-likeness (QED) is 0.712. The molecule has 2 atom stereocenters. The van der Waals surface area contributed by atoms with E-state index in [0.29, 0.717) is 5.69 Å². The molecule has 0 bridgehead atoms. The van der Waals surface area contributed by atoms with Crippen molar-refractivity contribution in [2.75, 3.05) is 5.32 Å². The Balaban J connectivity index is 2.69. The fourth-order valence-corrected chi connectivity index (χ4v) is 1.37. The maximum atomic E-state index is 11.8. The highest BCUT2D eigenvalue weighted by atomic mass is 16.3. The Bertz CT molecular complexity index is 390. The molecule has 0 aromatic heterocycles. The molecule has 0 heterocycles. The minimum atomic E-state index is -0.956. The van der Waals surface area contributed by atoms with E-state index in [1.807, 2.05) is 6.07 Å². The van der Waals surface area contributed by atoms with Crippen LogP contribution in [-0.2, 0) is 9.59 Å². The molecule has 0 aliphatic rings. The molecule has 0 saturated heterocycles. The summed E-state index contributed by atoms with van der Waals surface area (Å²) in [6.07, 6.45) is -0.956. The Morgan fingerprint density at radius 3 is 2.29 bits per heavy atom. The summed E-state index contributed by atoms with van der Waals surface area (Å²) in [6.45, 7) is 2.75. The van der Waals surface area contributed by atoms with E-state index in [1.54, 1.807) is 24.3 Å². The van der Waals surface area contributed by atoms with Gasteiger partial charge < -0.3 is 15.7 Å². The summed E-state index contributed by atoms with van der Waals surface area (Å²) in [4.78, 5) is 22.7. The molecule has 1 aromatic carbocycles. The van der Waals surface area contributed by atoms with Crippen LogP contribution in [0.1, 0.15) is 13.8 Å². The van der Waals surface area contributed by atoms with E-state index in [9.17, 15) is 14.7 Å². The second kappa shape index (κ2) is 6.00. The van der Waals surface area contributed by atoms with Gasteiger partial charge in [0, 0.05) is 12.6 Å². The Kier molecular flexibility index (Phi) is 4.66. The SMILES string of the molecule is CC(=O)NC(C(=O)Nc1ccccc1)C(C)O. The number of anilines is 1. The standard InChI is InChI=1S/C12H16N2O3/c1-8(15)11(13-9(2)16)12(17)14-10-6-4-3-5-7-10/h3-8,11,15H,1-2H3,(H,13,16)(H,14,17). The summed E-state index contributed by atoms with van der Waals surface area (Å²) in [6, 6.07) is 7.90. The van der Waals surface area contributed by atoms with Crippen LogP contribution in [0.2, 0.25) is 0 Å². The molecule has 1 rings (SSSR count). The molecule has 3 N–H and O–H groups in total. The number of hydrogen-bond donors (Lipinski definition) is 3. The number of hydrogen-bond acceptors (Lipinski definition) is 3. The minimum Gasteiger partial charge on any atom is -0.391 e. The second-order valence-electron chi connectivity index (χ2n) is 3.77. The van der Waals surface area contributed by atoms with Crippen molar-refractivity contribution >= 4 is 17.5 Å². The lowest BCUT2D eigenvalue weighted by Crippen LogP contribution is -2.49. The third kappa shape index (κ3) is 4.24. The molecule has 17 heavy (non-hydrogen) atoms. The van der Waals surface area contributed by atoms with Gasteiger partial charge in [0.05, 0.1) is 6.10 Å². The van der Waals surface area contributed by atoms with Crippen LogP contribution in [0.4, 0.5) is 5.69 Å². The maximum absolute atomic E-state index is 11.8. The van der Waals surface area contributed by atoms with Crippen LogP contribution in [0, 0.1) is 0 Å².